The Labute approximate surface area is 196 Å². The number of carbonyl (C=O) groups is 1. The van der Waals surface area contributed by atoms with E-state index in [2.05, 4.69) is 26.5 Å². The third kappa shape index (κ3) is 5.18. The van der Waals surface area contributed by atoms with Gasteiger partial charge in [0.05, 0.1) is 23.9 Å². The topological polar surface area (TPSA) is 80.2 Å². The summed E-state index contributed by atoms with van der Waals surface area (Å²) < 4.78 is 11.9. The summed E-state index contributed by atoms with van der Waals surface area (Å²) in [6.45, 7) is 3.86. The van der Waals surface area contributed by atoms with Crippen molar-refractivity contribution < 1.29 is 19.4 Å². The molecule has 0 fully saturated rings. The number of hydrogen-bond acceptors (Lipinski definition) is 5. The van der Waals surface area contributed by atoms with E-state index in [4.69, 9.17) is 9.47 Å². The molecule has 0 radical (unpaired) electrons. The van der Waals surface area contributed by atoms with E-state index >= 15 is 0 Å². The zero-order chi connectivity index (χ0) is 23.1. The van der Waals surface area contributed by atoms with E-state index in [1.165, 1.54) is 6.21 Å². The molecule has 0 atom stereocenters. The van der Waals surface area contributed by atoms with Crippen molar-refractivity contribution in [2.45, 2.75) is 25.6 Å². The van der Waals surface area contributed by atoms with Crippen LogP contribution in [0, 0.1) is 0 Å². The highest BCUT2D eigenvalue weighted by atomic mass is 79.9. The molecule has 0 heterocycles. The summed E-state index contributed by atoms with van der Waals surface area (Å²) in [6.07, 6.45) is 1.45. The number of ether oxygens (including phenoxy) is 2. The van der Waals surface area contributed by atoms with E-state index < -0.39 is 11.5 Å². The van der Waals surface area contributed by atoms with E-state index in [9.17, 15) is 9.90 Å². The van der Waals surface area contributed by atoms with Crippen LogP contribution in [0.3, 0.4) is 0 Å². The van der Waals surface area contributed by atoms with E-state index in [0.29, 0.717) is 32.7 Å². The minimum absolute atomic E-state index is 0.0207. The molecule has 6 nitrogen and oxygen atoms in total. The molecular weight excluding hydrogens is 472 g/mol. The summed E-state index contributed by atoms with van der Waals surface area (Å²) >= 11 is 3.49. The molecule has 0 spiro atoms. The van der Waals surface area contributed by atoms with Crippen molar-refractivity contribution in [1.82, 2.24) is 5.43 Å². The zero-order valence-corrected chi connectivity index (χ0v) is 19.7. The number of aliphatic hydroxyl groups is 1. The van der Waals surface area contributed by atoms with Gasteiger partial charge in [0.1, 0.15) is 0 Å². The number of rotatable bonds is 8. The van der Waals surface area contributed by atoms with Crippen LogP contribution in [0.25, 0.3) is 0 Å². The summed E-state index contributed by atoms with van der Waals surface area (Å²) in [6, 6.07) is 21.1. The van der Waals surface area contributed by atoms with Gasteiger partial charge in [-0.05, 0) is 58.6 Å². The van der Waals surface area contributed by atoms with Crippen LogP contribution in [0.4, 0.5) is 0 Å². The average Bonchev–Trinajstić information content (AvgIpc) is 2.80. The van der Waals surface area contributed by atoms with Crippen molar-refractivity contribution in [3.63, 3.8) is 0 Å². The summed E-state index contributed by atoms with van der Waals surface area (Å²) in [5.74, 6) is 0.453. The van der Waals surface area contributed by atoms with Crippen molar-refractivity contribution in [3.8, 4) is 11.5 Å². The number of nitrogens with one attached hydrogen (secondary N) is 1. The first-order valence-electron chi connectivity index (χ1n) is 10.1. The van der Waals surface area contributed by atoms with Crippen LogP contribution in [0.2, 0.25) is 0 Å². The second-order valence-electron chi connectivity index (χ2n) is 7.34. The Bertz CT molecular complexity index is 1050. The smallest absolute Gasteiger partial charge is 0.281 e. The second kappa shape index (κ2) is 10.4. The number of halogens is 1. The largest absolute Gasteiger partial charge is 0.493 e. The van der Waals surface area contributed by atoms with Gasteiger partial charge < -0.3 is 14.6 Å². The SMILES string of the molecule is COc1cc(/C=N\NC(=O)C(O)(c2ccccc2)c2ccccc2)cc(Br)c1OC(C)C. The molecule has 7 heteroatoms. The quantitative estimate of drug-likeness (QED) is 0.351. The highest BCUT2D eigenvalue weighted by molar-refractivity contribution is 9.10. The lowest BCUT2D eigenvalue weighted by Crippen LogP contribution is -2.43. The van der Waals surface area contributed by atoms with Gasteiger partial charge >= 0.3 is 0 Å². The Morgan fingerprint density at radius 2 is 1.62 bits per heavy atom. The summed E-state index contributed by atoms with van der Waals surface area (Å²) in [4.78, 5) is 13.1. The van der Waals surface area contributed by atoms with E-state index in [1.54, 1.807) is 67.8 Å². The Balaban J connectivity index is 1.86. The predicted octanol–water partition coefficient (Wildman–Crippen LogP) is 4.63. The number of carbonyl (C=O) groups excluding carboxylic acids is 1. The van der Waals surface area contributed by atoms with Gasteiger partial charge in [0.25, 0.3) is 5.91 Å². The van der Waals surface area contributed by atoms with Gasteiger partial charge in [0, 0.05) is 0 Å². The summed E-state index contributed by atoms with van der Waals surface area (Å²) in [5.41, 5.74) is 2.13. The molecule has 0 saturated heterocycles. The van der Waals surface area contributed by atoms with Gasteiger partial charge in [-0.15, -0.1) is 0 Å². The van der Waals surface area contributed by atoms with Crippen LogP contribution in [0.1, 0.15) is 30.5 Å². The summed E-state index contributed by atoms with van der Waals surface area (Å²) in [7, 11) is 1.55. The first kappa shape index (κ1) is 23.5. The van der Waals surface area contributed by atoms with Gasteiger partial charge in [-0.1, -0.05) is 60.7 Å². The number of amides is 1. The lowest BCUT2D eigenvalue weighted by atomic mass is 9.85. The van der Waals surface area contributed by atoms with E-state index in [1.807, 2.05) is 26.0 Å². The fourth-order valence-electron chi connectivity index (χ4n) is 3.20. The molecule has 0 aromatic heterocycles. The monoisotopic (exact) mass is 496 g/mol. The number of benzene rings is 3. The minimum atomic E-state index is -1.90. The average molecular weight is 497 g/mol. The molecule has 3 aromatic rings. The van der Waals surface area contributed by atoms with Crippen molar-refractivity contribution in [1.29, 1.82) is 0 Å². The fourth-order valence-corrected chi connectivity index (χ4v) is 3.75. The molecule has 0 aliphatic rings. The molecule has 32 heavy (non-hydrogen) atoms. The Morgan fingerprint density at radius 3 is 2.12 bits per heavy atom. The Hall–Kier alpha value is -3.16. The molecule has 0 aliphatic heterocycles. The van der Waals surface area contributed by atoms with Crippen LogP contribution < -0.4 is 14.9 Å². The molecule has 3 rings (SSSR count). The fraction of sp³-hybridized carbons (Fsp3) is 0.200. The normalized spacial score (nSPS) is 11.6. The van der Waals surface area contributed by atoms with E-state index in [0.717, 1.165) is 0 Å². The zero-order valence-electron chi connectivity index (χ0n) is 18.1. The maximum Gasteiger partial charge on any atom is 0.281 e. The van der Waals surface area contributed by atoms with Crippen molar-refractivity contribution >= 4 is 28.1 Å². The molecule has 1 amide bonds. The lowest BCUT2D eigenvalue weighted by Gasteiger charge is -2.27. The third-order valence-electron chi connectivity index (χ3n) is 4.70. The van der Waals surface area contributed by atoms with Crippen LogP contribution in [0.5, 0.6) is 11.5 Å². The van der Waals surface area contributed by atoms with Crippen LogP contribution >= 0.6 is 15.9 Å². The summed E-state index contributed by atoms with van der Waals surface area (Å²) in [5, 5.41) is 15.5. The van der Waals surface area contributed by atoms with E-state index in [-0.39, 0.29) is 6.10 Å². The molecule has 0 saturated carbocycles. The third-order valence-corrected chi connectivity index (χ3v) is 5.29. The van der Waals surface area contributed by atoms with Gasteiger partial charge in [-0.25, -0.2) is 5.43 Å². The Kier molecular flexibility index (Phi) is 7.66. The van der Waals surface area contributed by atoms with Gasteiger partial charge in [-0.3, -0.25) is 4.79 Å². The highest BCUT2D eigenvalue weighted by Gasteiger charge is 2.39. The van der Waals surface area contributed by atoms with Crippen LogP contribution in [-0.4, -0.2) is 30.4 Å². The van der Waals surface area contributed by atoms with Gasteiger partial charge in [0.15, 0.2) is 17.1 Å². The molecule has 166 valence electrons. The molecule has 0 aliphatic carbocycles. The Morgan fingerprint density at radius 1 is 1.06 bits per heavy atom. The van der Waals surface area contributed by atoms with Crippen molar-refractivity contribution in [3.05, 3.63) is 94.0 Å². The van der Waals surface area contributed by atoms with Crippen LogP contribution in [-0.2, 0) is 10.4 Å². The number of methoxy groups -OCH3 is 1. The first-order chi connectivity index (χ1) is 15.4. The molecular formula is C25H25BrN2O4. The molecule has 0 bridgehead atoms. The van der Waals surface area contributed by atoms with Crippen molar-refractivity contribution in [2.24, 2.45) is 5.10 Å². The number of hydrazone groups is 1. The number of hydrogen-bond donors (Lipinski definition) is 2. The van der Waals surface area contributed by atoms with Crippen molar-refractivity contribution in [2.75, 3.05) is 7.11 Å². The lowest BCUT2D eigenvalue weighted by molar-refractivity contribution is -0.136. The van der Waals surface area contributed by atoms with Gasteiger partial charge in [0.2, 0.25) is 0 Å². The second-order valence-corrected chi connectivity index (χ2v) is 8.20. The molecule has 2 N–H and O–H groups in total. The highest BCUT2D eigenvalue weighted by Crippen LogP contribution is 2.37. The molecule has 0 unspecified atom stereocenters. The van der Waals surface area contributed by atoms with Gasteiger partial charge in [-0.2, -0.15) is 5.10 Å². The maximum atomic E-state index is 13.1. The van der Waals surface area contributed by atoms with Crippen LogP contribution in [0.15, 0.2) is 82.4 Å². The maximum absolute atomic E-state index is 13.1. The first-order valence-corrected chi connectivity index (χ1v) is 10.9. The predicted molar refractivity (Wildman–Crippen MR) is 128 cm³/mol. The number of nitrogens with zero attached hydrogens (tertiary/aromatic N) is 1. The molecule has 3 aromatic carbocycles. The standard InChI is InChI=1S/C25H25BrN2O4/c1-17(2)32-23-21(26)14-18(15-22(23)31-3)16-27-28-24(29)25(30,19-10-6-4-7-11-19)20-12-8-5-9-13-20/h4-17,30H,1-3H3,(H,28,29)/b27-16-. The minimum Gasteiger partial charge on any atom is -0.493 e.